The van der Waals surface area contributed by atoms with E-state index in [2.05, 4.69) is 15.5 Å². The zero-order valence-corrected chi connectivity index (χ0v) is 10.8. The van der Waals surface area contributed by atoms with E-state index < -0.39 is 17.7 Å². The molecule has 0 fully saturated rings. The SMILES string of the molecule is Cc1nnc(NC(=O)c2ccc(/C=C/C(=O)O)c(F)c2)o1. The number of carbonyl (C=O) groups excluding carboxylic acids is 1. The minimum atomic E-state index is -1.19. The molecule has 0 unspecified atom stereocenters. The van der Waals surface area contributed by atoms with Crippen molar-refractivity contribution in [1.82, 2.24) is 10.2 Å². The first-order valence-electron chi connectivity index (χ1n) is 5.78. The molecule has 2 N–H and O–H groups in total. The van der Waals surface area contributed by atoms with E-state index in [1.54, 1.807) is 6.92 Å². The number of hydrogen-bond acceptors (Lipinski definition) is 5. The first-order chi connectivity index (χ1) is 9.95. The fourth-order valence-corrected chi connectivity index (χ4v) is 1.48. The highest BCUT2D eigenvalue weighted by Gasteiger charge is 2.12. The van der Waals surface area contributed by atoms with Crippen LogP contribution in [0.25, 0.3) is 6.08 Å². The number of rotatable bonds is 4. The highest BCUT2D eigenvalue weighted by Crippen LogP contribution is 2.14. The van der Waals surface area contributed by atoms with E-state index in [4.69, 9.17) is 9.52 Å². The Morgan fingerprint density at radius 3 is 2.71 bits per heavy atom. The number of anilines is 1. The van der Waals surface area contributed by atoms with Crippen LogP contribution in [0, 0.1) is 12.7 Å². The lowest BCUT2D eigenvalue weighted by Gasteiger charge is -2.02. The summed E-state index contributed by atoms with van der Waals surface area (Å²) in [5.41, 5.74) is 0.0958. The fraction of sp³-hybridized carbons (Fsp3) is 0.0769. The average molecular weight is 291 g/mol. The monoisotopic (exact) mass is 291 g/mol. The molecule has 0 saturated carbocycles. The van der Waals surface area contributed by atoms with Crippen molar-refractivity contribution in [3.8, 4) is 0 Å². The van der Waals surface area contributed by atoms with Gasteiger partial charge in [0.1, 0.15) is 5.82 Å². The molecule has 0 bridgehead atoms. The van der Waals surface area contributed by atoms with Crippen LogP contribution in [-0.2, 0) is 4.79 Å². The van der Waals surface area contributed by atoms with Crippen LogP contribution < -0.4 is 5.32 Å². The van der Waals surface area contributed by atoms with Gasteiger partial charge in [-0.15, -0.1) is 5.10 Å². The number of nitrogens with zero attached hydrogens (tertiary/aromatic N) is 2. The zero-order chi connectivity index (χ0) is 15.4. The number of aliphatic carboxylic acids is 1. The van der Waals surface area contributed by atoms with Crippen LogP contribution in [0.3, 0.4) is 0 Å². The maximum atomic E-state index is 13.7. The molecular formula is C13H10FN3O4. The minimum Gasteiger partial charge on any atom is -0.478 e. The number of benzene rings is 1. The van der Waals surface area contributed by atoms with E-state index in [9.17, 15) is 14.0 Å². The Hall–Kier alpha value is -3.03. The van der Waals surface area contributed by atoms with Crippen LogP contribution in [0.15, 0.2) is 28.7 Å². The largest absolute Gasteiger partial charge is 0.478 e. The number of amides is 1. The summed E-state index contributed by atoms with van der Waals surface area (Å²) < 4.78 is 18.7. The van der Waals surface area contributed by atoms with Crippen LogP contribution in [0.4, 0.5) is 10.4 Å². The lowest BCUT2D eigenvalue weighted by molar-refractivity contribution is -0.131. The molecule has 2 aromatic rings. The predicted molar refractivity (Wildman–Crippen MR) is 70.1 cm³/mol. The number of nitrogens with one attached hydrogen (secondary N) is 1. The van der Waals surface area contributed by atoms with Gasteiger partial charge >= 0.3 is 12.0 Å². The highest BCUT2D eigenvalue weighted by molar-refractivity contribution is 6.03. The summed E-state index contributed by atoms with van der Waals surface area (Å²) in [4.78, 5) is 22.2. The van der Waals surface area contributed by atoms with E-state index in [-0.39, 0.29) is 23.0 Å². The summed E-state index contributed by atoms with van der Waals surface area (Å²) >= 11 is 0. The van der Waals surface area contributed by atoms with E-state index in [1.165, 1.54) is 12.1 Å². The van der Waals surface area contributed by atoms with Gasteiger partial charge < -0.3 is 9.52 Å². The standard InChI is InChI=1S/C13H10FN3O4/c1-7-16-17-13(21-7)15-12(20)9-3-2-8(10(14)6-9)4-5-11(18)19/h2-6H,1H3,(H,18,19)(H,15,17,20)/b5-4+. The zero-order valence-electron chi connectivity index (χ0n) is 10.8. The molecule has 0 aliphatic carbocycles. The number of carboxylic acids is 1. The molecule has 1 aromatic heterocycles. The maximum Gasteiger partial charge on any atom is 0.328 e. The topological polar surface area (TPSA) is 105 Å². The van der Waals surface area contributed by atoms with E-state index in [1.807, 2.05) is 0 Å². The first kappa shape index (κ1) is 14.4. The van der Waals surface area contributed by atoms with Gasteiger partial charge in [0.2, 0.25) is 5.89 Å². The number of aryl methyl sites for hydroxylation is 1. The molecule has 0 saturated heterocycles. The van der Waals surface area contributed by atoms with Crippen LogP contribution in [0.1, 0.15) is 21.8 Å². The van der Waals surface area contributed by atoms with Gasteiger partial charge in [-0.25, -0.2) is 9.18 Å². The van der Waals surface area contributed by atoms with Crippen LogP contribution in [0.2, 0.25) is 0 Å². The van der Waals surface area contributed by atoms with Crippen molar-refractivity contribution in [1.29, 1.82) is 0 Å². The predicted octanol–water partition coefficient (Wildman–Crippen LogP) is 1.87. The van der Waals surface area contributed by atoms with Gasteiger partial charge in [-0.1, -0.05) is 11.2 Å². The molecule has 0 aliphatic heterocycles. The van der Waals surface area contributed by atoms with Crippen molar-refractivity contribution >= 4 is 24.0 Å². The normalized spacial score (nSPS) is 10.8. The number of carboxylic acid groups (broad SMARTS) is 1. The Bertz CT molecular complexity index is 724. The molecule has 8 heteroatoms. The van der Waals surface area contributed by atoms with Crippen LogP contribution in [0.5, 0.6) is 0 Å². The molecule has 0 radical (unpaired) electrons. The Labute approximate surface area is 118 Å². The molecule has 0 aliphatic rings. The van der Waals surface area contributed by atoms with Crippen molar-refractivity contribution in [2.75, 3.05) is 5.32 Å². The van der Waals surface area contributed by atoms with E-state index in [0.717, 1.165) is 18.2 Å². The van der Waals surface area contributed by atoms with Crippen molar-refractivity contribution in [2.24, 2.45) is 0 Å². The minimum absolute atomic E-state index is 0.0378. The molecule has 2 rings (SSSR count). The first-order valence-corrected chi connectivity index (χ1v) is 5.78. The van der Waals surface area contributed by atoms with Crippen molar-refractivity contribution in [2.45, 2.75) is 6.92 Å². The molecular weight excluding hydrogens is 281 g/mol. The summed E-state index contributed by atoms with van der Waals surface area (Å²) in [6.45, 7) is 1.56. The Morgan fingerprint density at radius 1 is 1.38 bits per heavy atom. The summed E-state index contributed by atoms with van der Waals surface area (Å²) in [7, 11) is 0. The number of halogens is 1. The molecule has 1 heterocycles. The third-order valence-electron chi connectivity index (χ3n) is 2.41. The van der Waals surface area contributed by atoms with Crippen LogP contribution >= 0.6 is 0 Å². The van der Waals surface area contributed by atoms with Gasteiger partial charge in [0, 0.05) is 24.1 Å². The van der Waals surface area contributed by atoms with Crippen molar-refractivity contribution < 1.29 is 23.5 Å². The Kier molecular flexibility index (Phi) is 4.07. The van der Waals surface area contributed by atoms with E-state index in [0.29, 0.717) is 0 Å². The van der Waals surface area contributed by atoms with Crippen molar-refractivity contribution in [3.05, 3.63) is 47.1 Å². The highest BCUT2D eigenvalue weighted by atomic mass is 19.1. The lowest BCUT2D eigenvalue weighted by atomic mass is 10.1. The Balaban J connectivity index is 2.15. The van der Waals surface area contributed by atoms with Crippen LogP contribution in [-0.4, -0.2) is 27.2 Å². The number of hydrogen-bond donors (Lipinski definition) is 2. The van der Waals surface area contributed by atoms with Gasteiger partial charge in [0.25, 0.3) is 5.91 Å². The van der Waals surface area contributed by atoms with Gasteiger partial charge in [-0.2, -0.15) is 0 Å². The number of aromatic nitrogens is 2. The second kappa shape index (κ2) is 5.95. The Morgan fingerprint density at radius 2 is 2.14 bits per heavy atom. The molecule has 1 amide bonds. The van der Waals surface area contributed by atoms with E-state index >= 15 is 0 Å². The lowest BCUT2D eigenvalue weighted by Crippen LogP contribution is -2.12. The quantitative estimate of drug-likeness (QED) is 0.833. The van der Waals surface area contributed by atoms with Gasteiger partial charge in [0.05, 0.1) is 0 Å². The second-order valence-corrected chi connectivity index (χ2v) is 3.99. The maximum absolute atomic E-state index is 13.7. The molecule has 1 aromatic carbocycles. The van der Waals surface area contributed by atoms with Gasteiger partial charge in [-0.05, 0) is 18.2 Å². The molecule has 108 valence electrons. The molecule has 0 atom stereocenters. The average Bonchev–Trinajstić information content (AvgIpc) is 2.82. The smallest absolute Gasteiger partial charge is 0.328 e. The van der Waals surface area contributed by atoms with Gasteiger partial charge in [-0.3, -0.25) is 10.1 Å². The second-order valence-electron chi connectivity index (χ2n) is 3.99. The fourth-order valence-electron chi connectivity index (χ4n) is 1.48. The third-order valence-corrected chi connectivity index (χ3v) is 2.41. The molecule has 7 nitrogen and oxygen atoms in total. The third kappa shape index (κ3) is 3.72. The summed E-state index contributed by atoms with van der Waals surface area (Å²) in [6, 6.07) is 3.54. The number of carbonyl (C=O) groups is 2. The molecule has 0 spiro atoms. The summed E-state index contributed by atoms with van der Waals surface area (Å²) in [6.07, 6.45) is 1.90. The van der Waals surface area contributed by atoms with Gasteiger partial charge in [0.15, 0.2) is 0 Å². The summed E-state index contributed by atoms with van der Waals surface area (Å²) in [5, 5.41) is 17.9. The summed E-state index contributed by atoms with van der Waals surface area (Å²) in [5.74, 6) is -2.25. The molecule has 21 heavy (non-hydrogen) atoms. The van der Waals surface area contributed by atoms with Crippen molar-refractivity contribution in [3.63, 3.8) is 0 Å².